The lowest BCUT2D eigenvalue weighted by atomic mass is 10.2. The van der Waals surface area contributed by atoms with Crippen molar-refractivity contribution in [1.29, 1.82) is 0 Å². The van der Waals surface area contributed by atoms with E-state index in [4.69, 9.17) is 5.73 Å². The average Bonchev–Trinajstić information content (AvgIpc) is 2.70. The van der Waals surface area contributed by atoms with Crippen molar-refractivity contribution in [2.45, 2.75) is 0 Å². The van der Waals surface area contributed by atoms with E-state index in [0.29, 0.717) is 0 Å². The first-order valence-corrected chi connectivity index (χ1v) is 5.75. The molecular weight excluding hydrogens is 198 g/mol. The van der Waals surface area contributed by atoms with Gasteiger partial charge in [-0.3, -0.25) is 0 Å². The van der Waals surface area contributed by atoms with E-state index in [2.05, 4.69) is 23.6 Å². The Bertz CT molecular complexity index is 577. The quantitative estimate of drug-likeness (QED) is 0.595. The highest BCUT2D eigenvalue weighted by Crippen LogP contribution is 2.36. The van der Waals surface area contributed by atoms with Gasteiger partial charge in [-0.2, -0.15) is 0 Å². The number of hydrogen-bond acceptors (Lipinski definition) is 3. The van der Waals surface area contributed by atoms with Gasteiger partial charge in [-0.15, -0.1) is 22.7 Å². The lowest BCUT2D eigenvalue weighted by Gasteiger charge is -1.92. The summed E-state index contributed by atoms with van der Waals surface area (Å²) in [5.74, 6) is 0. The van der Waals surface area contributed by atoms with E-state index in [1.54, 1.807) is 22.7 Å². The molecule has 3 heteroatoms. The molecule has 0 bridgehead atoms. The first-order valence-electron chi connectivity index (χ1n) is 3.99. The van der Waals surface area contributed by atoms with Crippen molar-refractivity contribution >= 4 is 48.5 Å². The van der Waals surface area contributed by atoms with Gasteiger partial charge >= 0.3 is 0 Å². The molecule has 0 aliphatic heterocycles. The highest BCUT2D eigenvalue weighted by atomic mass is 32.1. The van der Waals surface area contributed by atoms with Gasteiger partial charge in [0.15, 0.2) is 0 Å². The van der Waals surface area contributed by atoms with E-state index < -0.39 is 0 Å². The molecule has 0 unspecified atom stereocenters. The van der Waals surface area contributed by atoms with Crippen molar-refractivity contribution in [3.63, 3.8) is 0 Å². The van der Waals surface area contributed by atoms with Crippen molar-refractivity contribution in [2.75, 3.05) is 5.73 Å². The third kappa shape index (κ3) is 0.913. The predicted molar refractivity (Wildman–Crippen MR) is 61.6 cm³/mol. The predicted octanol–water partition coefficient (Wildman–Crippen LogP) is 3.70. The molecule has 0 spiro atoms. The standard InChI is InChI=1S/C10H7NS2/c11-8-5-13-10-7(8)2-1-6-3-4-12-9(6)10/h1-5H,11H2. The molecule has 2 N–H and O–H groups in total. The summed E-state index contributed by atoms with van der Waals surface area (Å²) in [6, 6.07) is 6.39. The molecule has 0 fully saturated rings. The highest BCUT2D eigenvalue weighted by Gasteiger charge is 2.05. The van der Waals surface area contributed by atoms with Crippen LogP contribution in [0.25, 0.3) is 20.2 Å². The lowest BCUT2D eigenvalue weighted by Crippen LogP contribution is -1.79. The van der Waals surface area contributed by atoms with Crippen LogP contribution in [0.5, 0.6) is 0 Å². The number of hydrogen-bond donors (Lipinski definition) is 1. The minimum absolute atomic E-state index is 0.898. The first kappa shape index (κ1) is 7.35. The Morgan fingerprint density at radius 3 is 2.85 bits per heavy atom. The van der Waals surface area contributed by atoms with Gasteiger partial charge in [0, 0.05) is 10.8 Å². The van der Waals surface area contributed by atoms with Crippen LogP contribution in [0, 0.1) is 0 Å². The topological polar surface area (TPSA) is 26.0 Å². The summed E-state index contributed by atoms with van der Waals surface area (Å²) in [5, 5.41) is 6.66. The molecule has 0 saturated carbocycles. The molecule has 0 aliphatic rings. The van der Waals surface area contributed by atoms with Gasteiger partial charge < -0.3 is 5.73 Å². The van der Waals surface area contributed by atoms with Gasteiger partial charge in [-0.05, 0) is 16.8 Å². The first-order chi connectivity index (χ1) is 6.36. The van der Waals surface area contributed by atoms with Gasteiger partial charge in [0.25, 0.3) is 0 Å². The van der Waals surface area contributed by atoms with Gasteiger partial charge in [0.2, 0.25) is 0 Å². The molecule has 3 rings (SSSR count). The Labute approximate surface area is 83.4 Å². The maximum atomic E-state index is 5.85. The second-order valence-corrected chi connectivity index (χ2v) is 4.77. The minimum Gasteiger partial charge on any atom is -0.398 e. The Morgan fingerprint density at radius 2 is 1.92 bits per heavy atom. The van der Waals surface area contributed by atoms with Crippen LogP contribution in [0.2, 0.25) is 0 Å². The molecular formula is C10H7NS2. The molecule has 13 heavy (non-hydrogen) atoms. The summed E-state index contributed by atoms with van der Waals surface area (Å²) in [6.07, 6.45) is 0. The van der Waals surface area contributed by atoms with Crippen molar-refractivity contribution in [2.24, 2.45) is 0 Å². The fourth-order valence-electron chi connectivity index (χ4n) is 1.54. The number of fused-ring (bicyclic) bond motifs is 3. The van der Waals surface area contributed by atoms with E-state index in [1.807, 2.05) is 5.38 Å². The normalized spacial score (nSPS) is 11.4. The van der Waals surface area contributed by atoms with Gasteiger partial charge in [-0.1, -0.05) is 12.1 Å². The number of nitrogens with two attached hydrogens (primary N) is 1. The van der Waals surface area contributed by atoms with Crippen molar-refractivity contribution in [3.05, 3.63) is 29.0 Å². The van der Waals surface area contributed by atoms with E-state index in [0.717, 1.165) is 5.69 Å². The van der Waals surface area contributed by atoms with E-state index >= 15 is 0 Å². The summed E-state index contributed by atoms with van der Waals surface area (Å²) >= 11 is 3.52. The Morgan fingerprint density at radius 1 is 1.00 bits per heavy atom. The minimum atomic E-state index is 0.898. The zero-order valence-corrected chi connectivity index (χ0v) is 8.41. The summed E-state index contributed by atoms with van der Waals surface area (Å²) in [4.78, 5) is 0. The fraction of sp³-hybridized carbons (Fsp3) is 0. The van der Waals surface area contributed by atoms with Crippen molar-refractivity contribution < 1.29 is 0 Å². The SMILES string of the molecule is Nc1csc2c1ccc1ccsc12. The van der Waals surface area contributed by atoms with Crippen LogP contribution >= 0.6 is 22.7 Å². The van der Waals surface area contributed by atoms with Gasteiger partial charge in [0.05, 0.1) is 15.1 Å². The summed E-state index contributed by atoms with van der Waals surface area (Å²) in [5.41, 5.74) is 6.75. The molecule has 64 valence electrons. The van der Waals surface area contributed by atoms with Crippen molar-refractivity contribution in [1.82, 2.24) is 0 Å². The van der Waals surface area contributed by atoms with Crippen LogP contribution in [-0.4, -0.2) is 0 Å². The molecule has 2 heterocycles. The average molecular weight is 205 g/mol. The van der Waals surface area contributed by atoms with Crippen LogP contribution in [0.1, 0.15) is 0 Å². The number of rotatable bonds is 0. The Hall–Kier alpha value is -1.06. The second-order valence-electron chi connectivity index (χ2n) is 2.97. The lowest BCUT2D eigenvalue weighted by molar-refractivity contribution is 1.91. The second kappa shape index (κ2) is 2.47. The Balaban J connectivity index is 2.66. The molecule has 2 aromatic heterocycles. The molecule has 1 nitrogen and oxygen atoms in total. The highest BCUT2D eigenvalue weighted by molar-refractivity contribution is 7.26. The molecule has 0 radical (unpaired) electrons. The van der Waals surface area contributed by atoms with Gasteiger partial charge in [-0.25, -0.2) is 0 Å². The summed E-state index contributed by atoms with van der Waals surface area (Å²) < 4.78 is 2.68. The van der Waals surface area contributed by atoms with Crippen molar-refractivity contribution in [3.8, 4) is 0 Å². The largest absolute Gasteiger partial charge is 0.398 e. The monoisotopic (exact) mass is 205 g/mol. The zero-order valence-electron chi connectivity index (χ0n) is 6.78. The molecule has 0 atom stereocenters. The van der Waals surface area contributed by atoms with Crippen LogP contribution < -0.4 is 5.73 Å². The molecule has 1 aromatic carbocycles. The molecule has 0 amide bonds. The zero-order chi connectivity index (χ0) is 8.84. The Kier molecular flexibility index (Phi) is 1.39. The number of thiophene rings is 2. The summed E-state index contributed by atoms with van der Waals surface area (Å²) in [7, 11) is 0. The fourth-order valence-corrected chi connectivity index (χ4v) is 3.57. The van der Waals surface area contributed by atoms with E-state index in [1.165, 1.54) is 20.2 Å². The number of benzene rings is 1. The maximum Gasteiger partial charge on any atom is 0.0542 e. The summed E-state index contributed by atoms with van der Waals surface area (Å²) in [6.45, 7) is 0. The van der Waals surface area contributed by atoms with Crippen LogP contribution in [0.4, 0.5) is 5.69 Å². The number of anilines is 1. The third-order valence-electron chi connectivity index (χ3n) is 2.19. The van der Waals surface area contributed by atoms with Crippen LogP contribution in [0.15, 0.2) is 29.0 Å². The maximum absolute atomic E-state index is 5.85. The number of nitrogen functional groups attached to an aromatic ring is 1. The van der Waals surface area contributed by atoms with E-state index in [9.17, 15) is 0 Å². The molecule has 3 aromatic rings. The third-order valence-corrected chi connectivity index (χ3v) is 4.30. The van der Waals surface area contributed by atoms with E-state index in [-0.39, 0.29) is 0 Å². The molecule has 0 aliphatic carbocycles. The van der Waals surface area contributed by atoms with Crippen LogP contribution in [0.3, 0.4) is 0 Å². The molecule has 0 saturated heterocycles. The van der Waals surface area contributed by atoms with Crippen LogP contribution in [-0.2, 0) is 0 Å². The smallest absolute Gasteiger partial charge is 0.0542 e. The van der Waals surface area contributed by atoms with Gasteiger partial charge in [0.1, 0.15) is 0 Å².